The fourth-order valence-corrected chi connectivity index (χ4v) is 3.57. The average molecular weight is 303 g/mol. The van der Waals surface area contributed by atoms with E-state index in [1.807, 2.05) is 0 Å². The van der Waals surface area contributed by atoms with Gasteiger partial charge in [0.25, 0.3) is 0 Å². The summed E-state index contributed by atoms with van der Waals surface area (Å²) < 4.78 is 0. The maximum atomic E-state index is 12.7. The summed E-state index contributed by atoms with van der Waals surface area (Å²) >= 11 is 0. The number of carbonyl (C=O) groups is 1. The number of rotatable bonds is 3. The highest BCUT2D eigenvalue weighted by atomic mass is 16.2. The van der Waals surface area contributed by atoms with E-state index >= 15 is 0 Å². The number of piperidine rings is 2. The van der Waals surface area contributed by atoms with Crippen LogP contribution >= 0.6 is 0 Å². The molecule has 2 saturated heterocycles. The molecule has 1 aromatic rings. The van der Waals surface area contributed by atoms with Gasteiger partial charge in [-0.05, 0) is 51.1 Å². The summed E-state index contributed by atoms with van der Waals surface area (Å²) in [4.78, 5) is 23.2. The van der Waals surface area contributed by atoms with Crippen molar-refractivity contribution in [3.8, 4) is 0 Å². The Morgan fingerprint density at radius 3 is 2.82 bits per heavy atom. The molecule has 22 heavy (non-hydrogen) atoms. The van der Waals surface area contributed by atoms with Crippen LogP contribution in [0, 0.1) is 11.8 Å². The predicted octanol–water partition coefficient (Wildman–Crippen LogP) is 0.839. The van der Waals surface area contributed by atoms with Crippen LogP contribution in [0.3, 0.4) is 0 Å². The summed E-state index contributed by atoms with van der Waals surface area (Å²) in [6.45, 7) is 3.65. The Labute approximate surface area is 131 Å². The highest BCUT2D eigenvalue weighted by Crippen LogP contribution is 2.24. The van der Waals surface area contributed by atoms with Crippen LogP contribution in [0.4, 0.5) is 5.82 Å². The predicted molar refractivity (Wildman–Crippen MR) is 85.0 cm³/mol. The van der Waals surface area contributed by atoms with Gasteiger partial charge in [0.1, 0.15) is 5.82 Å². The first-order valence-corrected chi connectivity index (χ1v) is 8.29. The van der Waals surface area contributed by atoms with Gasteiger partial charge in [-0.2, -0.15) is 0 Å². The van der Waals surface area contributed by atoms with Crippen molar-refractivity contribution in [2.75, 3.05) is 31.9 Å². The number of hydrogen-bond donors (Lipinski definition) is 2. The van der Waals surface area contributed by atoms with Gasteiger partial charge in [-0.1, -0.05) is 0 Å². The second-order valence-electron chi connectivity index (χ2n) is 6.41. The van der Waals surface area contributed by atoms with Crippen LogP contribution < -0.4 is 11.1 Å². The molecule has 120 valence electrons. The summed E-state index contributed by atoms with van der Waals surface area (Å²) in [5.74, 6) is 1.52. The van der Waals surface area contributed by atoms with E-state index in [0.717, 1.165) is 64.0 Å². The molecule has 3 N–H and O–H groups in total. The zero-order valence-corrected chi connectivity index (χ0v) is 13.0. The second kappa shape index (κ2) is 7.05. The first-order valence-electron chi connectivity index (χ1n) is 8.29. The van der Waals surface area contributed by atoms with Gasteiger partial charge >= 0.3 is 0 Å². The van der Waals surface area contributed by atoms with Crippen molar-refractivity contribution >= 4 is 11.7 Å². The van der Waals surface area contributed by atoms with Crippen molar-refractivity contribution in [2.45, 2.75) is 32.1 Å². The molecule has 0 aromatic carbocycles. The standard InChI is InChI=1S/C16H25N5O/c17-15-14(19-7-8-20-15)10-12-2-1-9-21(11-12)16(22)13-3-5-18-6-4-13/h7-8,12-13,18H,1-6,9-11H2,(H2,17,20)/t12-/m0/s1. The molecule has 1 aromatic heterocycles. The number of hydrogen-bond acceptors (Lipinski definition) is 5. The van der Waals surface area contributed by atoms with Gasteiger partial charge in [0.15, 0.2) is 0 Å². The highest BCUT2D eigenvalue weighted by Gasteiger charge is 2.30. The lowest BCUT2D eigenvalue weighted by Crippen LogP contribution is -2.45. The Bertz CT molecular complexity index is 515. The molecule has 1 atom stereocenters. The van der Waals surface area contributed by atoms with Crippen molar-refractivity contribution in [1.29, 1.82) is 0 Å². The van der Waals surface area contributed by atoms with Gasteiger partial charge in [-0.15, -0.1) is 0 Å². The molecule has 3 rings (SSSR count). The number of amides is 1. The summed E-state index contributed by atoms with van der Waals surface area (Å²) in [7, 11) is 0. The Morgan fingerprint density at radius 2 is 2.05 bits per heavy atom. The molecule has 0 bridgehead atoms. The number of nitrogen functional groups attached to an aromatic ring is 1. The molecule has 2 fully saturated rings. The third kappa shape index (κ3) is 3.55. The van der Waals surface area contributed by atoms with E-state index in [4.69, 9.17) is 5.73 Å². The van der Waals surface area contributed by atoms with Crippen LogP contribution in [0.1, 0.15) is 31.4 Å². The molecule has 0 saturated carbocycles. The van der Waals surface area contributed by atoms with Gasteiger partial charge in [0, 0.05) is 31.4 Å². The molecule has 2 aliphatic heterocycles. The van der Waals surface area contributed by atoms with Crippen molar-refractivity contribution in [1.82, 2.24) is 20.2 Å². The third-order valence-corrected chi connectivity index (χ3v) is 4.81. The first kappa shape index (κ1) is 15.2. The summed E-state index contributed by atoms with van der Waals surface area (Å²) in [6.07, 6.45) is 8.26. The van der Waals surface area contributed by atoms with E-state index in [2.05, 4.69) is 20.2 Å². The molecular formula is C16H25N5O. The molecule has 0 aliphatic carbocycles. The monoisotopic (exact) mass is 303 g/mol. The SMILES string of the molecule is Nc1nccnc1C[C@@H]1CCCN(C(=O)C2CCNCC2)C1. The minimum Gasteiger partial charge on any atom is -0.382 e. The van der Waals surface area contributed by atoms with E-state index in [0.29, 0.717) is 17.6 Å². The normalized spacial score (nSPS) is 23.5. The van der Waals surface area contributed by atoms with E-state index in [1.54, 1.807) is 12.4 Å². The molecule has 0 radical (unpaired) electrons. The fraction of sp³-hybridized carbons (Fsp3) is 0.688. The molecule has 1 amide bonds. The molecule has 0 spiro atoms. The Hall–Kier alpha value is -1.69. The molecule has 6 heteroatoms. The number of nitrogens with one attached hydrogen (secondary N) is 1. The number of nitrogens with two attached hydrogens (primary N) is 1. The lowest BCUT2D eigenvalue weighted by Gasteiger charge is -2.36. The summed E-state index contributed by atoms with van der Waals surface area (Å²) in [6, 6.07) is 0. The Morgan fingerprint density at radius 1 is 1.27 bits per heavy atom. The molecule has 6 nitrogen and oxygen atoms in total. The quantitative estimate of drug-likeness (QED) is 0.864. The molecule has 3 heterocycles. The highest BCUT2D eigenvalue weighted by molar-refractivity contribution is 5.79. The van der Waals surface area contributed by atoms with E-state index in [9.17, 15) is 4.79 Å². The minimum absolute atomic E-state index is 0.210. The van der Waals surface area contributed by atoms with Crippen LogP contribution in [0.25, 0.3) is 0 Å². The second-order valence-corrected chi connectivity index (χ2v) is 6.41. The maximum Gasteiger partial charge on any atom is 0.225 e. The van der Waals surface area contributed by atoms with Crippen LogP contribution in [-0.4, -0.2) is 47.0 Å². The lowest BCUT2D eigenvalue weighted by atomic mass is 9.90. The Kier molecular flexibility index (Phi) is 4.87. The van der Waals surface area contributed by atoms with Crippen LogP contribution in [0.15, 0.2) is 12.4 Å². The van der Waals surface area contributed by atoms with Crippen LogP contribution in [0.2, 0.25) is 0 Å². The number of likely N-dealkylation sites (tertiary alicyclic amines) is 1. The van der Waals surface area contributed by atoms with Crippen molar-refractivity contribution < 1.29 is 4.79 Å². The molecule has 0 unspecified atom stereocenters. The van der Waals surface area contributed by atoms with Gasteiger partial charge in [-0.3, -0.25) is 9.78 Å². The van der Waals surface area contributed by atoms with Crippen molar-refractivity contribution in [3.63, 3.8) is 0 Å². The largest absolute Gasteiger partial charge is 0.382 e. The number of anilines is 1. The first-order chi connectivity index (χ1) is 10.7. The molecular weight excluding hydrogens is 278 g/mol. The zero-order chi connectivity index (χ0) is 15.4. The molecule has 2 aliphatic rings. The van der Waals surface area contributed by atoms with E-state index in [-0.39, 0.29) is 5.92 Å². The average Bonchev–Trinajstić information content (AvgIpc) is 2.57. The van der Waals surface area contributed by atoms with Crippen LogP contribution in [0.5, 0.6) is 0 Å². The number of carbonyl (C=O) groups excluding carboxylic acids is 1. The van der Waals surface area contributed by atoms with Gasteiger partial charge in [-0.25, -0.2) is 4.98 Å². The van der Waals surface area contributed by atoms with Gasteiger partial charge in [0.05, 0.1) is 5.69 Å². The zero-order valence-electron chi connectivity index (χ0n) is 13.0. The van der Waals surface area contributed by atoms with Gasteiger partial charge < -0.3 is 16.0 Å². The number of nitrogens with zero attached hydrogens (tertiary/aromatic N) is 3. The lowest BCUT2D eigenvalue weighted by molar-refractivity contribution is -0.138. The van der Waals surface area contributed by atoms with Crippen molar-refractivity contribution in [3.05, 3.63) is 18.1 Å². The van der Waals surface area contributed by atoms with Crippen molar-refractivity contribution in [2.24, 2.45) is 11.8 Å². The summed E-state index contributed by atoms with van der Waals surface area (Å²) in [5.41, 5.74) is 6.75. The number of aromatic nitrogens is 2. The van der Waals surface area contributed by atoms with Crippen LogP contribution in [-0.2, 0) is 11.2 Å². The smallest absolute Gasteiger partial charge is 0.225 e. The Balaban J connectivity index is 1.59. The van der Waals surface area contributed by atoms with Gasteiger partial charge in [0.2, 0.25) is 5.91 Å². The summed E-state index contributed by atoms with van der Waals surface area (Å²) in [5, 5.41) is 3.32. The fourth-order valence-electron chi connectivity index (χ4n) is 3.57. The van der Waals surface area contributed by atoms with E-state index < -0.39 is 0 Å². The topological polar surface area (TPSA) is 84.1 Å². The minimum atomic E-state index is 0.210. The van der Waals surface area contributed by atoms with E-state index in [1.165, 1.54) is 0 Å². The maximum absolute atomic E-state index is 12.7. The third-order valence-electron chi connectivity index (χ3n) is 4.81.